The lowest BCUT2D eigenvalue weighted by molar-refractivity contribution is -0.766. The van der Waals surface area contributed by atoms with Crippen molar-refractivity contribution in [3.8, 4) is 0 Å². The van der Waals surface area contributed by atoms with Crippen LogP contribution in [0, 0.1) is 28.6 Å². The van der Waals surface area contributed by atoms with Gasteiger partial charge in [-0.05, 0) is 75.0 Å². The molecule has 168 valence electrons. The molecule has 5 heteroatoms. The van der Waals surface area contributed by atoms with Gasteiger partial charge in [-0.25, -0.2) is 0 Å². The van der Waals surface area contributed by atoms with Gasteiger partial charge >= 0.3 is 0 Å². The maximum Gasteiger partial charge on any atom is 0.239 e. The molecule has 1 aromatic heterocycles. The zero-order valence-corrected chi connectivity index (χ0v) is 19.0. The Hall–Kier alpha value is -1.72. The molecule has 0 bridgehead atoms. The Labute approximate surface area is 185 Å². The molecule has 6 unspecified atom stereocenters. The first-order valence-electron chi connectivity index (χ1n) is 12.0. The number of oxime groups is 1. The molecule has 1 aromatic rings. The zero-order chi connectivity index (χ0) is 22.0. The first-order valence-corrected chi connectivity index (χ1v) is 12.0. The number of aliphatic hydroxyl groups excluding tert-OH is 2. The largest absolute Gasteiger partial charge is 0.411 e. The molecule has 3 N–H and O–H groups in total. The molecule has 1 heterocycles. The lowest BCUT2D eigenvalue weighted by Gasteiger charge is -2.58. The molecule has 4 aliphatic carbocycles. The highest BCUT2D eigenvalue weighted by atomic mass is 16.4. The van der Waals surface area contributed by atoms with Gasteiger partial charge in [0.1, 0.15) is 11.8 Å². The van der Waals surface area contributed by atoms with Crippen LogP contribution in [0.5, 0.6) is 0 Å². The minimum absolute atomic E-state index is 0.166. The molecule has 4 aliphatic rings. The van der Waals surface area contributed by atoms with Crippen molar-refractivity contribution >= 4 is 5.71 Å². The highest BCUT2D eigenvalue weighted by molar-refractivity contribution is 5.89. The Morgan fingerprint density at radius 1 is 1.06 bits per heavy atom. The summed E-state index contributed by atoms with van der Waals surface area (Å²) in [6.07, 6.45) is 12.3. The van der Waals surface area contributed by atoms with Crippen LogP contribution >= 0.6 is 0 Å². The van der Waals surface area contributed by atoms with Crippen LogP contribution in [0.2, 0.25) is 0 Å². The summed E-state index contributed by atoms with van der Waals surface area (Å²) in [5, 5.41) is 35.5. The predicted molar refractivity (Wildman–Crippen MR) is 119 cm³/mol. The molecule has 0 spiro atoms. The molecular weight excluding hydrogens is 388 g/mol. The van der Waals surface area contributed by atoms with Gasteiger partial charge in [0.2, 0.25) is 5.54 Å². The minimum Gasteiger partial charge on any atom is -0.411 e. The van der Waals surface area contributed by atoms with E-state index in [4.69, 9.17) is 0 Å². The summed E-state index contributed by atoms with van der Waals surface area (Å²) in [7, 11) is 0. The fraction of sp³-hybridized carbons (Fsp3) is 0.692. The molecule has 5 nitrogen and oxygen atoms in total. The quantitative estimate of drug-likeness (QED) is 0.222. The summed E-state index contributed by atoms with van der Waals surface area (Å²) >= 11 is 0. The van der Waals surface area contributed by atoms with E-state index in [-0.39, 0.29) is 16.9 Å². The summed E-state index contributed by atoms with van der Waals surface area (Å²) in [4.78, 5) is 0. The molecular formula is C26H37N2O3+. The van der Waals surface area contributed by atoms with Gasteiger partial charge < -0.3 is 15.4 Å². The maximum atomic E-state index is 11.7. The molecule has 0 saturated heterocycles. The average molecular weight is 426 g/mol. The lowest BCUT2D eigenvalue weighted by atomic mass is 9.46. The Kier molecular flexibility index (Phi) is 4.87. The van der Waals surface area contributed by atoms with Crippen LogP contribution in [-0.2, 0) is 5.54 Å². The van der Waals surface area contributed by atoms with Gasteiger partial charge in [-0.3, -0.25) is 0 Å². The second kappa shape index (κ2) is 7.14. The van der Waals surface area contributed by atoms with E-state index < -0.39 is 11.6 Å². The fourth-order valence-electron chi connectivity index (χ4n) is 8.68. The molecule has 0 aliphatic heterocycles. The van der Waals surface area contributed by atoms with Gasteiger partial charge in [-0.2, -0.15) is 4.57 Å². The van der Waals surface area contributed by atoms with Crippen LogP contribution in [0.4, 0.5) is 0 Å². The number of allylic oxidation sites excluding steroid dienone is 1. The van der Waals surface area contributed by atoms with Gasteiger partial charge in [0.15, 0.2) is 12.4 Å². The van der Waals surface area contributed by atoms with Crippen LogP contribution < -0.4 is 4.57 Å². The Balaban J connectivity index is 1.61. The zero-order valence-electron chi connectivity index (χ0n) is 19.0. The SMILES string of the molecule is C/C(=N\O)[C@@]1([n+]2ccccc2)[C@H](O)CC2C3CC=C4CC(O)CCC4(C)C3CCC21C. The van der Waals surface area contributed by atoms with Gasteiger partial charge in [0, 0.05) is 17.5 Å². The van der Waals surface area contributed by atoms with E-state index >= 15 is 0 Å². The highest BCUT2D eigenvalue weighted by Crippen LogP contribution is 2.68. The van der Waals surface area contributed by atoms with Crippen molar-refractivity contribution in [2.45, 2.75) is 83.5 Å². The van der Waals surface area contributed by atoms with Crippen molar-refractivity contribution < 1.29 is 20.0 Å². The van der Waals surface area contributed by atoms with Crippen molar-refractivity contribution in [1.82, 2.24) is 0 Å². The summed E-state index contributed by atoms with van der Waals surface area (Å²) in [6.45, 7) is 6.62. The second-order valence-electron chi connectivity index (χ2n) is 11.1. The number of nitrogens with zero attached hydrogens (tertiary/aromatic N) is 2. The first kappa shape index (κ1) is 21.1. The molecule has 5 rings (SSSR count). The van der Waals surface area contributed by atoms with Crippen molar-refractivity contribution in [2.75, 3.05) is 0 Å². The van der Waals surface area contributed by atoms with E-state index in [1.54, 1.807) is 0 Å². The molecule has 3 saturated carbocycles. The van der Waals surface area contributed by atoms with Crippen molar-refractivity contribution in [3.63, 3.8) is 0 Å². The second-order valence-corrected chi connectivity index (χ2v) is 11.1. The third-order valence-corrected chi connectivity index (χ3v) is 10.1. The summed E-state index contributed by atoms with van der Waals surface area (Å²) < 4.78 is 2.11. The van der Waals surface area contributed by atoms with E-state index in [0.29, 0.717) is 23.5 Å². The van der Waals surface area contributed by atoms with Crippen LogP contribution in [0.1, 0.15) is 65.7 Å². The van der Waals surface area contributed by atoms with Crippen LogP contribution in [0.15, 0.2) is 47.4 Å². The number of aromatic nitrogens is 1. The minimum atomic E-state index is -0.744. The molecule has 0 amide bonds. The van der Waals surface area contributed by atoms with E-state index in [9.17, 15) is 15.4 Å². The molecule has 0 aromatic carbocycles. The monoisotopic (exact) mass is 425 g/mol. The highest BCUT2D eigenvalue weighted by Gasteiger charge is 2.74. The Bertz CT molecular complexity index is 914. The van der Waals surface area contributed by atoms with E-state index in [0.717, 1.165) is 44.9 Å². The number of pyridine rings is 1. The first-order chi connectivity index (χ1) is 14.8. The summed E-state index contributed by atoms with van der Waals surface area (Å²) in [5.41, 5.74) is 1.28. The Morgan fingerprint density at radius 3 is 2.52 bits per heavy atom. The average Bonchev–Trinajstić information content (AvgIpc) is 3.01. The molecule has 31 heavy (non-hydrogen) atoms. The number of aliphatic hydroxyl groups is 2. The normalized spacial score (nSPS) is 47.2. The number of fused-ring (bicyclic) bond motifs is 5. The van der Waals surface area contributed by atoms with E-state index in [1.165, 1.54) is 5.57 Å². The Morgan fingerprint density at radius 2 is 1.81 bits per heavy atom. The van der Waals surface area contributed by atoms with E-state index in [2.05, 4.69) is 29.6 Å². The van der Waals surface area contributed by atoms with Crippen molar-refractivity contribution in [2.24, 2.45) is 33.7 Å². The maximum absolute atomic E-state index is 11.7. The van der Waals surface area contributed by atoms with Gasteiger partial charge in [-0.1, -0.05) is 36.7 Å². The standard InChI is InChI=1S/C26H36N2O3/c1-17(27-31)26(28-13-5-4-6-14-28)23(30)16-22-20-8-7-18-15-19(29)9-11-24(18,2)21(20)10-12-25(22,26)3/h4-7,13-14,19-23,29-30H,8-12,15-16H2,1-3H3/p+1/b27-17+/t19?,20?,21?,22?,23-,24?,25?,26-/m1/s1. The van der Waals surface area contributed by atoms with Crippen molar-refractivity contribution in [3.05, 3.63) is 42.2 Å². The number of rotatable bonds is 2. The smallest absolute Gasteiger partial charge is 0.239 e. The van der Waals surface area contributed by atoms with Crippen LogP contribution in [0.25, 0.3) is 0 Å². The van der Waals surface area contributed by atoms with Gasteiger partial charge in [0.25, 0.3) is 0 Å². The van der Waals surface area contributed by atoms with Crippen LogP contribution in [-0.4, -0.2) is 33.3 Å². The predicted octanol–water partition coefficient (Wildman–Crippen LogP) is 3.81. The van der Waals surface area contributed by atoms with Gasteiger partial charge in [0.05, 0.1) is 6.10 Å². The third kappa shape index (κ3) is 2.62. The fourth-order valence-corrected chi connectivity index (χ4v) is 8.68. The molecule has 3 fully saturated rings. The summed E-state index contributed by atoms with van der Waals surface area (Å²) in [6, 6.07) is 5.97. The lowest BCUT2D eigenvalue weighted by Crippen LogP contribution is -2.72. The topological polar surface area (TPSA) is 76.9 Å². The third-order valence-electron chi connectivity index (χ3n) is 10.1. The number of hydrogen-bond acceptors (Lipinski definition) is 4. The van der Waals surface area contributed by atoms with Crippen molar-refractivity contribution in [1.29, 1.82) is 0 Å². The molecule has 8 atom stereocenters. The summed E-state index contributed by atoms with van der Waals surface area (Å²) in [5.74, 6) is 1.45. The van der Waals surface area contributed by atoms with Gasteiger partial charge in [-0.15, -0.1) is 0 Å². The molecule has 0 radical (unpaired) electrons. The number of hydrogen-bond donors (Lipinski definition) is 3. The van der Waals surface area contributed by atoms with E-state index in [1.807, 2.05) is 37.5 Å². The van der Waals surface area contributed by atoms with Crippen LogP contribution in [0.3, 0.4) is 0 Å².